The quantitative estimate of drug-likeness (QED) is 0.569. The van der Waals surface area contributed by atoms with Crippen LogP contribution in [-0.4, -0.2) is 22.1 Å². The van der Waals surface area contributed by atoms with Gasteiger partial charge in [0.1, 0.15) is 18.0 Å². The number of nitrogens with zero attached hydrogens (tertiary/aromatic N) is 5. The first-order valence-electron chi connectivity index (χ1n) is 6.05. The molecule has 2 fully saturated rings. The number of hydrogen-bond acceptors (Lipinski definition) is 7. The Kier molecular flexibility index (Phi) is 2.54. The van der Waals surface area contributed by atoms with Gasteiger partial charge in [-0.15, -0.1) is 0 Å². The van der Waals surface area contributed by atoms with Gasteiger partial charge in [0.2, 0.25) is 0 Å². The van der Waals surface area contributed by atoms with E-state index < -0.39 is 0 Å². The molecular weight excluding hydrogens is 230 g/mol. The van der Waals surface area contributed by atoms with Gasteiger partial charge in [0, 0.05) is 12.1 Å². The van der Waals surface area contributed by atoms with Crippen LogP contribution in [0.5, 0.6) is 0 Å². The monoisotopic (exact) mass is 245 g/mol. The molecule has 7 nitrogen and oxygen atoms in total. The van der Waals surface area contributed by atoms with Crippen molar-refractivity contribution in [3.05, 3.63) is 11.9 Å². The smallest absolute Gasteiger partial charge is 0.166 e. The summed E-state index contributed by atoms with van der Waals surface area (Å²) >= 11 is 0. The van der Waals surface area contributed by atoms with Gasteiger partial charge in [-0.05, 0) is 25.7 Å². The minimum atomic E-state index is 0.284. The third-order valence-electron chi connectivity index (χ3n) is 3.29. The number of hydrazine groups is 2. The van der Waals surface area contributed by atoms with Gasteiger partial charge in [-0.25, -0.2) is 21.7 Å². The van der Waals surface area contributed by atoms with Gasteiger partial charge in [-0.3, -0.25) is 10.0 Å². The Morgan fingerprint density at radius 3 is 1.83 bits per heavy atom. The van der Waals surface area contributed by atoms with Gasteiger partial charge < -0.3 is 0 Å². The highest BCUT2D eigenvalue weighted by Gasteiger charge is 2.33. The molecule has 2 aliphatic carbocycles. The number of aromatic nitrogens is 2. The molecule has 0 aliphatic heterocycles. The fourth-order valence-corrected chi connectivity index (χ4v) is 1.91. The predicted molar refractivity (Wildman–Crippen MR) is 66.1 cm³/mol. The first-order valence-corrected chi connectivity index (χ1v) is 6.05. The highest BCUT2D eigenvalue weighted by atomic mass is 15.5. The third kappa shape index (κ3) is 1.85. The standard InChI is InChI=1S/C11H15N7/c12-5-9-10(17(13)7-1-2-7)15-6-16-11(9)18(14)8-3-4-8/h6-8H,1-4,13-14H2. The molecule has 4 N–H and O–H groups in total. The number of nitrogens with two attached hydrogens (primary N) is 2. The zero-order chi connectivity index (χ0) is 12.7. The predicted octanol–water partition coefficient (Wildman–Crippen LogP) is 0.0333. The van der Waals surface area contributed by atoms with E-state index in [0.29, 0.717) is 17.2 Å². The topological polar surface area (TPSA) is 108 Å². The zero-order valence-electron chi connectivity index (χ0n) is 9.95. The molecule has 0 saturated heterocycles. The average Bonchev–Trinajstić information content (AvgIpc) is 3.27. The summed E-state index contributed by atoms with van der Waals surface area (Å²) in [7, 11) is 0. The van der Waals surface area contributed by atoms with E-state index in [-0.39, 0.29) is 12.1 Å². The van der Waals surface area contributed by atoms with Crippen LogP contribution in [0.1, 0.15) is 31.2 Å². The zero-order valence-corrected chi connectivity index (χ0v) is 9.95. The van der Waals surface area contributed by atoms with Crippen LogP contribution in [0.2, 0.25) is 0 Å². The van der Waals surface area contributed by atoms with Crippen molar-refractivity contribution in [1.82, 2.24) is 9.97 Å². The van der Waals surface area contributed by atoms with Crippen LogP contribution >= 0.6 is 0 Å². The van der Waals surface area contributed by atoms with Crippen molar-refractivity contribution in [1.29, 1.82) is 5.26 Å². The first kappa shape index (κ1) is 11.2. The van der Waals surface area contributed by atoms with Crippen LogP contribution in [0.4, 0.5) is 11.6 Å². The Balaban J connectivity index is 1.98. The molecule has 0 unspecified atom stereocenters. The van der Waals surface area contributed by atoms with Gasteiger partial charge in [-0.2, -0.15) is 5.26 Å². The molecule has 7 heteroatoms. The summed E-state index contributed by atoms with van der Waals surface area (Å²) in [5.41, 5.74) is 0.362. The van der Waals surface area contributed by atoms with Crippen LogP contribution in [-0.2, 0) is 0 Å². The SMILES string of the molecule is N#Cc1c(N(N)C2CC2)ncnc1N(N)C1CC1. The summed E-state index contributed by atoms with van der Waals surface area (Å²) in [5, 5.41) is 12.4. The van der Waals surface area contributed by atoms with Crippen molar-refractivity contribution in [3.8, 4) is 6.07 Å². The van der Waals surface area contributed by atoms with Gasteiger partial charge in [0.15, 0.2) is 11.6 Å². The van der Waals surface area contributed by atoms with Crippen molar-refractivity contribution >= 4 is 11.6 Å². The van der Waals surface area contributed by atoms with Crippen molar-refractivity contribution < 1.29 is 0 Å². The summed E-state index contributed by atoms with van der Waals surface area (Å²) < 4.78 is 0. The molecule has 1 aromatic heterocycles. The van der Waals surface area contributed by atoms with E-state index in [0.717, 1.165) is 25.7 Å². The minimum Gasteiger partial charge on any atom is -0.290 e. The van der Waals surface area contributed by atoms with Crippen molar-refractivity contribution in [2.45, 2.75) is 37.8 Å². The molecule has 3 rings (SSSR count). The highest BCUT2D eigenvalue weighted by molar-refractivity contribution is 5.66. The van der Waals surface area contributed by atoms with Gasteiger partial charge in [-0.1, -0.05) is 0 Å². The molecule has 1 aromatic rings. The molecule has 2 aliphatic rings. The summed E-state index contributed by atoms with van der Waals surface area (Å²) in [6.07, 6.45) is 5.56. The molecule has 94 valence electrons. The number of anilines is 2. The lowest BCUT2D eigenvalue weighted by Gasteiger charge is -2.22. The van der Waals surface area contributed by atoms with Crippen LogP contribution in [0.15, 0.2) is 6.33 Å². The van der Waals surface area contributed by atoms with Gasteiger partial charge in [0.05, 0.1) is 0 Å². The van der Waals surface area contributed by atoms with Crippen molar-refractivity contribution in [2.24, 2.45) is 11.7 Å². The molecule has 0 bridgehead atoms. The van der Waals surface area contributed by atoms with Crippen molar-refractivity contribution in [2.75, 3.05) is 10.0 Å². The maximum atomic E-state index is 9.31. The Bertz CT molecular complexity index is 464. The van der Waals surface area contributed by atoms with E-state index in [1.165, 1.54) is 6.33 Å². The lowest BCUT2D eigenvalue weighted by Crippen LogP contribution is -2.38. The van der Waals surface area contributed by atoms with E-state index in [1.807, 2.05) is 0 Å². The number of rotatable bonds is 4. The number of nitriles is 1. The van der Waals surface area contributed by atoms with Crippen molar-refractivity contribution in [3.63, 3.8) is 0 Å². The van der Waals surface area contributed by atoms with E-state index in [9.17, 15) is 5.26 Å². The minimum absolute atomic E-state index is 0.284. The van der Waals surface area contributed by atoms with E-state index in [1.54, 1.807) is 10.0 Å². The molecule has 0 aromatic carbocycles. The van der Waals surface area contributed by atoms with E-state index in [2.05, 4.69) is 16.0 Å². The third-order valence-corrected chi connectivity index (χ3v) is 3.29. The average molecular weight is 245 g/mol. The molecule has 0 radical (unpaired) electrons. The second-order valence-corrected chi connectivity index (χ2v) is 4.78. The molecule has 0 atom stereocenters. The highest BCUT2D eigenvalue weighted by Crippen LogP contribution is 2.34. The van der Waals surface area contributed by atoms with Crippen LogP contribution in [0.25, 0.3) is 0 Å². The molecule has 1 heterocycles. The largest absolute Gasteiger partial charge is 0.290 e. The molecule has 2 saturated carbocycles. The van der Waals surface area contributed by atoms with Gasteiger partial charge in [0.25, 0.3) is 0 Å². The second kappa shape index (κ2) is 4.08. The maximum absolute atomic E-state index is 9.31. The lowest BCUT2D eigenvalue weighted by molar-refractivity contribution is 0.794. The Morgan fingerprint density at radius 1 is 1.06 bits per heavy atom. The summed E-state index contributed by atoms with van der Waals surface area (Å²) in [5.74, 6) is 12.9. The number of hydrogen-bond donors (Lipinski definition) is 2. The van der Waals surface area contributed by atoms with Gasteiger partial charge >= 0.3 is 0 Å². The molecular formula is C11H15N7. The molecule has 18 heavy (non-hydrogen) atoms. The molecule has 0 amide bonds. The molecule has 0 spiro atoms. The fraction of sp³-hybridized carbons (Fsp3) is 0.545. The normalized spacial score (nSPS) is 18.3. The van der Waals surface area contributed by atoms with E-state index >= 15 is 0 Å². The Labute approximate surface area is 105 Å². The summed E-state index contributed by atoms with van der Waals surface area (Å²) in [6.45, 7) is 0. The maximum Gasteiger partial charge on any atom is 0.166 e. The summed E-state index contributed by atoms with van der Waals surface area (Å²) in [6, 6.07) is 2.69. The lowest BCUT2D eigenvalue weighted by atomic mass is 10.2. The van der Waals surface area contributed by atoms with Crippen LogP contribution in [0, 0.1) is 11.3 Å². The Hall–Kier alpha value is -1.91. The first-order chi connectivity index (χ1) is 8.72. The van der Waals surface area contributed by atoms with Crippen LogP contribution < -0.4 is 21.7 Å². The fourth-order valence-electron chi connectivity index (χ4n) is 1.91. The second-order valence-electron chi connectivity index (χ2n) is 4.78. The van der Waals surface area contributed by atoms with Crippen LogP contribution in [0.3, 0.4) is 0 Å². The van der Waals surface area contributed by atoms with E-state index in [4.69, 9.17) is 11.7 Å². The Morgan fingerprint density at radius 2 is 1.50 bits per heavy atom. The summed E-state index contributed by atoms with van der Waals surface area (Å²) in [4.78, 5) is 8.24.